The maximum absolute atomic E-state index is 12.4. The molecule has 0 saturated heterocycles. The highest BCUT2D eigenvalue weighted by atomic mass is 79.9. The van der Waals surface area contributed by atoms with Crippen molar-refractivity contribution in [2.24, 2.45) is 0 Å². The lowest BCUT2D eigenvalue weighted by atomic mass is 9.93. The molecule has 1 N–H and O–H groups in total. The van der Waals surface area contributed by atoms with Crippen molar-refractivity contribution in [1.82, 2.24) is 0 Å². The molecule has 1 aromatic carbocycles. The Labute approximate surface area is 129 Å². The van der Waals surface area contributed by atoms with Crippen molar-refractivity contribution in [1.29, 1.82) is 0 Å². The molecule has 2 aliphatic rings. The first-order valence-corrected chi connectivity index (χ1v) is 7.43. The number of carboxylic acid groups (broad SMARTS) is 1. The van der Waals surface area contributed by atoms with Gasteiger partial charge in [-0.05, 0) is 59.8 Å². The summed E-state index contributed by atoms with van der Waals surface area (Å²) in [5, 5.41) is 8.96. The molecule has 0 spiro atoms. The SMILES string of the molecule is O=C(O)c1ccc(N2C(=O)C3=C(CCCC3)C2=O)c(Br)c1. The standard InChI is InChI=1S/C15H12BrNO4/c16-11-7-8(15(20)21)5-6-12(11)17-13(18)9-3-1-2-4-10(9)14(17)19/h5-7H,1-4H2,(H,20,21). The van der Waals surface area contributed by atoms with E-state index in [9.17, 15) is 14.4 Å². The van der Waals surface area contributed by atoms with Crippen LogP contribution < -0.4 is 4.90 Å². The van der Waals surface area contributed by atoms with E-state index >= 15 is 0 Å². The minimum atomic E-state index is -1.06. The molecule has 3 rings (SSSR count). The smallest absolute Gasteiger partial charge is 0.335 e. The van der Waals surface area contributed by atoms with Gasteiger partial charge in [0.15, 0.2) is 0 Å². The molecule has 5 nitrogen and oxygen atoms in total. The average Bonchev–Trinajstić information content (AvgIpc) is 2.72. The van der Waals surface area contributed by atoms with Crippen molar-refractivity contribution < 1.29 is 19.5 Å². The third-order valence-electron chi connectivity index (χ3n) is 3.83. The quantitative estimate of drug-likeness (QED) is 0.833. The van der Waals surface area contributed by atoms with Gasteiger partial charge in [0, 0.05) is 15.6 Å². The van der Waals surface area contributed by atoms with Crippen LogP contribution in [-0.2, 0) is 9.59 Å². The van der Waals surface area contributed by atoms with Crippen LogP contribution in [0.15, 0.2) is 33.8 Å². The lowest BCUT2D eigenvalue weighted by molar-refractivity contribution is -0.120. The highest BCUT2D eigenvalue weighted by Gasteiger charge is 2.40. The van der Waals surface area contributed by atoms with Crippen LogP contribution in [0.4, 0.5) is 5.69 Å². The van der Waals surface area contributed by atoms with Gasteiger partial charge >= 0.3 is 5.97 Å². The van der Waals surface area contributed by atoms with Gasteiger partial charge in [0.25, 0.3) is 11.8 Å². The highest BCUT2D eigenvalue weighted by molar-refractivity contribution is 9.10. The predicted octanol–water partition coefficient (Wildman–Crippen LogP) is 2.89. The lowest BCUT2D eigenvalue weighted by Crippen LogP contribution is -2.31. The number of hydrogen-bond acceptors (Lipinski definition) is 3. The Balaban J connectivity index is 2.01. The fourth-order valence-corrected chi connectivity index (χ4v) is 3.34. The number of hydrogen-bond donors (Lipinski definition) is 1. The van der Waals surface area contributed by atoms with Crippen molar-refractivity contribution in [2.75, 3.05) is 4.90 Å². The number of carbonyl (C=O) groups excluding carboxylic acids is 2. The molecule has 6 heteroatoms. The molecule has 1 heterocycles. The summed E-state index contributed by atoms with van der Waals surface area (Å²) >= 11 is 3.25. The van der Waals surface area contributed by atoms with E-state index in [0.717, 1.165) is 17.7 Å². The molecule has 2 amide bonds. The maximum Gasteiger partial charge on any atom is 0.335 e. The Hall–Kier alpha value is -1.95. The molecule has 0 unspecified atom stereocenters. The summed E-state index contributed by atoms with van der Waals surface area (Å²) in [5.74, 6) is -1.62. The van der Waals surface area contributed by atoms with Crippen LogP contribution in [0.2, 0.25) is 0 Å². The number of halogens is 1. The van der Waals surface area contributed by atoms with E-state index in [4.69, 9.17) is 5.11 Å². The number of rotatable bonds is 2. The first-order chi connectivity index (χ1) is 10.0. The third kappa shape index (κ3) is 2.19. The normalized spacial score (nSPS) is 18.2. The van der Waals surface area contributed by atoms with E-state index in [2.05, 4.69) is 15.9 Å². The second-order valence-electron chi connectivity index (χ2n) is 5.08. The van der Waals surface area contributed by atoms with E-state index in [1.807, 2.05) is 0 Å². The lowest BCUT2D eigenvalue weighted by Gasteiger charge is -2.17. The summed E-state index contributed by atoms with van der Waals surface area (Å²) in [6.45, 7) is 0. The van der Waals surface area contributed by atoms with Crippen molar-refractivity contribution in [3.05, 3.63) is 39.4 Å². The molecule has 0 aromatic heterocycles. The Morgan fingerprint density at radius 3 is 2.14 bits per heavy atom. The van der Waals surface area contributed by atoms with Crippen molar-refractivity contribution in [3.8, 4) is 0 Å². The molecule has 0 saturated carbocycles. The van der Waals surface area contributed by atoms with E-state index in [0.29, 0.717) is 34.1 Å². The highest BCUT2D eigenvalue weighted by Crippen LogP contribution is 2.38. The van der Waals surface area contributed by atoms with E-state index in [-0.39, 0.29) is 17.4 Å². The van der Waals surface area contributed by atoms with Gasteiger partial charge in [0.2, 0.25) is 0 Å². The first kappa shape index (κ1) is 14.0. The Morgan fingerprint density at radius 1 is 1.10 bits per heavy atom. The summed E-state index contributed by atoms with van der Waals surface area (Å²) < 4.78 is 0.420. The maximum atomic E-state index is 12.4. The Morgan fingerprint density at radius 2 is 1.67 bits per heavy atom. The number of anilines is 1. The molecule has 0 radical (unpaired) electrons. The van der Waals surface area contributed by atoms with Gasteiger partial charge in [0.1, 0.15) is 0 Å². The first-order valence-electron chi connectivity index (χ1n) is 6.64. The zero-order chi connectivity index (χ0) is 15.1. The van der Waals surface area contributed by atoms with Gasteiger partial charge in [-0.1, -0.05) is 0 Å². The molecule has 0 atom stereocenters. The summed E-state index contributed by atoms with van der Waals surface area (Å²) in [6, 6.07) is 4.28. The number of nitrogens with zero attached hydrogens (tertiary/aromatic N) is 1. The summed E-state index contributed by atoms with van der Waals surface area (Å²) in [7, 11) is 0. The number of imide groups is 1. The van der Waals surface area contributed by atoms with Crippen LogP contribution >= 0.6 is 15.9 Å². The Kier molecular flexibility index (Phi) is 3.41. The predicted molar refractivity (Wildman–Crippen MR) is 79.1 cm³/mol. The van der Waals surface area contributed by atoms with Crippen molar-refractivity contribution in [2.45, 2.75) is 25.7 Å². The average molecular weight is 350 g/mol. The van der Waals surface area contributed by atoms with Gasteiger partial charge < -0.3 is 5.11 Å². The molecular weight excluding hydrogens is 338 g/mol. The zero-order valence-corrected chi connectivity index (χ0v) is 12.6. The van der Waals surface area contributed by atoms with Crippen LogP contribution in [0.25, 0.3) is 0 Å². The van der Waals surface area contributed by atoms with Crippen LogP contribution in [0, 0.1) is 0 Å². The van der Waals surface area contributed by atoms with Gasteiger partial charge in [-0.3, -0.25) is 9.59 Å². The molecule has 1 aliphatic heterocycles. The summed E-state index contributed by atoms with van der Waals surface area (Å²) in [6.07, 6.45) is 3.12. The summed E-state index contributed by atoms with van der Waals surface area (Å²) in [5.41, 5.74) is 1.72. The number of aromatic carboxylic acids is 1. The van der Waals surface area contributed by atoms with Crippen LogP contribution in [0.1, 0.15) is 36.0 Å². The molecule has 1 aliphatic carbocycles. The van der Waals surface area contributed by atoms with E-state index in [1.165, 1.54) is 18.2 Å². The minimum Gasteiger partial charge on any atom is -0.478 e. The topological polar surface area (TPSA) is 74.7 Å². The van der Waals surface area contributed by atoms with E-state index in [1.54, 1.807) is 0 Å². The molecule has 0 fully saturated rings. The second-order valence-corrected chi connectivity index (χ2v) is 5.94. The second kappa shape index (κ2) is 5.11. The van der Waals surface area contributed by atoms with Crippen LogP contribution in [-0.4, -0.2) is 22.9 Å². The Bertz CT molecular complexity index is 680. The minimum absolute atomic E-state index is 0.0995. The molecule has 21 heavy (non-hydrogen) atoms. The van der Waals surface area contributed by atoms with Crippen LogP contribution in [0.5, 0.6) is 0 Å². The van der Waals surface area contributed by atoms with Crippen molar-refractivity contribution in [3.63, 3.8) is 0 Å². The number of amides is 2. The fraction of sp³-hybridized carbons (Fsp3) is 0.267. The molecule has 1 aromatic rings. The zero-order valence-electron chi connectivity index (χ0n) is 11.1. The number of benzene rings is 1. The van der Waals surface area contributed by atoms with E-state index < -0.39 is 5.97 Å². The third-order valence-corrected chi connectivity index (χ3v) is 4.46. The van der Waals surface area contributed by atoms with Crippen molar-refractivity contribution >= 4 is 39.4 Å². The van der Waals surface area contributed by atoms with Gasteiger partial charge in [0.05, 0.1) is 11.3 Å². The van der Waals surface area contributed by atoms with Crippen LogP contribution in [0.3, 0.4) is 0 Å². The molecule has 108 valence electrons. The summed E-state index contributed by atoms with van der Waals surface area (Å²) in [4.78, 5) is 37.0. The fourth-order valence-electron chi connectivity index (χ4n) is 2.78. The van der Waals surface area contributed by atoms with Gasteiger partial charge in [-0.25, -0.2) is 9.69 Å². The molecule has 0 bridgehead atoms. The monoisotopic (exact) mass is 349 g/mol. The number of carbonyl (C=O) groups is 3. The van der Waals surface area contributed by atoms with Gasteiger partial charge in [-0.2, -0.15) is 0 Å². The largest absolute Gasteiger partial charge is 0.478 e. The van der Waals surface area contributed by atoms with Gasteiger partial charge in [-0.15, -0.1) is 0 Å². The number of carboxylic acids is 1. The molecular formula is C15H12BrNO4.